The maximum atomic E-state index is 12.8. The molecule has 1 aliphatic rings. The molecule has 0 spiro atoms. The van der Waals surface area contributed by atoms with E-state index in [0.29, 0.717) is 18.3 Å². The zero-order valence-electron chi connectivity index (χ0n) is 17.1. The molecule has 1 aliphatic carbocycles. The number of carbonyl (C=O) groups excluding carboxylic acids is 1. The van der Waals surface area contributed by atoms with Gasteiger partial charge < -0.3 is 10.6 Å². The third-order valence-corrected chi connectivity index (χ3v) is 6.03. The fourth-order valence-electron chi connectivity index (χ4n) is 4.02. The smallest absolute Gasteiger partial charge is 0.272 e. The van der Waals surface area contributed by atoms with Gasteiger partial charge in [-0.05, 0) is 61.6 Å². The second-order valence-electron chi connectivity index (χ2n) is 7.67. The third kappa shape index (κ3) is 4.71. The van der Waals surface area contributed by atoms with E-state index in [1.54, 1.807) is 12.4 Å². The van der Waals surface area contributed by atoms with Crippen LogP contribution in [0.15, 0.2) is 48.8 Å². The van der Waals surface area contributed by atoms with E-state index in [9.17, 15) is 4.79 Å². The van der Waals surface area contributed by atoms with Crippen LogP contribution in [-0.2, 0) is 32.9 Å². The van der Waals surface area contributed by atoms with E-state index >= 15 is 0 Å². The second kappa shape index (κ2) is 9.41. The lowest BCUT2D eigenvalue weighted by molar-refractivity contribution is 0.0944. The molecule has 1 amide bonds. The number of hydrogen-bond donors (Lipinski definition) is 2. The van der Waals surface area contributed by atoms with Gasteiger partial charge in [-0.25, -0.2) is 0 Å². The van der Waals surface area contributed by atoms with Crippen LogP contribution in [0.25, 0.3) is 0 Å². The van der Waals surface area contributed by atoms with Crippen molar-refractivity contribution in [1.82, 2.24) is 25.4 Å². The molecule has 6 nitrogen and oxygen atoms in total. The SMILES string of the molecule is Cn1nc(C(=O)NCc2ccncc2)c2c1CCC(NCCc1ccccc1Cl)C2. The number of rotatable bonds is 7. The molecule has 0 saturated carbocycles. The lowest BCUT2D eigenvalue weighted by atomic mass is 9.91. The first kappa shape index (κ1) is 20.6. The van der Waals surface area contributed by atoms with Gasteiger partial charge in [0.2, 0.25) is 0 Å². The molecule has 1 atom stereocenters. The molecule has 30 heavy (non-hydrogen) atoms. The van der Waals surface area contributed by atoms with Crippen molar-refractivity contribution in [2.24, 2.45) is 7.05 Å². The number of nitrogens with one attached hydrogen (secondary N) is 2. The minimum absolute atomic E-state index is 0.125. The van der Waals surface area contributed by atoms with Gasteiger partial charge >= 0.3 is 0 Å². The molecule has 0 saturated heterocycles. The van der Waals surface area contributed by atoms with Crippen LogP contribution in [0.1, 0.15) is 39.3 Å². The lowest BCUT2D eigenvalue weighted by Gasteiger charge is -2.24. The van der Waals surface area contributed by atoms with Crippen molar-refractivity contribution in [2.75, 3.05) is 6.54 Å². The van der Waals surface area contributed by atoms with Crippen molar-refractivity contribution >= 4 is 17.5 Å². The van der Waals surface area contributed by atoms with Gasteiger partial charge in [-0.15, -0.1) is 0 Å². The quantitative estimate of drug-likeness (QED) is 0.612. The predicted molar refractivity (Wildman–Crippen MR) is 118 cm³/mol. The molecular weight excluding hydrogens is 398 g/mol. The van der Waals surface area contributed by atoms with E-state index in [1.165, 1.54) is 0 Å². The summed E-state index contributed by atoms with van der Waals surface area (Å²) < 4.78 is 1.86. The van der Waals surface area contributed by atoms with E-state index in [2.05, 4.69) is 26.8 Å². The standard InChI is InChI=1S/C23H26ClN5O/c1-29-21-7-6-18(26-13-10-17-4-2-3-5-20(17)24)14-19(21)22(28-29)23(30)27-15-16-8-11-25-12-9-16/h2-5,8-9,11-12,18,26H,6-7,10,13-15H2,1H3,(H,27,30). The molecule has 0 radical (unpaired) electrons. The number of carbonyl (C=O) groups is 1. The highest BCUT2D eigenvalue weighted by Crippen LogP contribution is 2.25. The predicted octanol–water partition coefficient (Wildman–Crippen LogP) is 3.09. The van der Waals surface area contributed by atoms with Crippen LogP contribution < -0.4 is 10.6 Å². The average Bonchev–Trinajstić information content (AvgIpc) is 3.10. The fourth-order valence-corrected chi connectivity index (χ4v) is 4.26. The highest BCUT2D eigenvalue weighted by atomic mass is 35.5. The van der Waals surface area contributed by atoms with Crippen LogP contribution in [0, 0.1) is 0 Å². The number of aryl methyl sites for hydroxylation is 1. The monoisotopic (exact) mass is 423 g/mol. The van der Waals surface area contributed by atoms with Crippen molar-refractivity contribution in [3.05, 3.63) is 81.9 Å². The van der Waals surface area contributed by atoms with Gasteiger partial charge in [-0.3, -0.25) is 14.5 Å². The van der Waals surface area contributed by atoms with Crippen LogP contribution in [-0.4, -0.2) is 33.3 Å². The molecule has 1 unspecified atom stereocenters. The summed E-state index contributed by atoms with van der Waals surface area (Å²) in [5.41, 5.74) is 4.93. The summed E-state index contributed by atoms with van der Waals surface area (Å²) in [6.45, 7) is 1.32. The largest absolute Gasteiger partial charge is 0.347 e. The Morgan fingerprint density at radius 3 is 2.83 bits per heavy atom. The Morgan fingerprint density at radius 2 is 2.03 bits per heavy atom. The minimum atomic E-state index is -0.125. The Labute approximate surface area is 181 Å². The van der Waals surface area contributed by atoms with Gasteiger partial charge in [0, 0.05) is 48.3 Å². The number of aromatic nitrogens is 3. The number of pyridine rings is 1. The van der Waals surface area contributed by atoms with Crippen LogP contribution in [0.3, 0.4) is 0 Å². The Balaban J connectivity index is 1.37. The van der Waals surface area contributed by atoms with E-state index in [1.807, 2.05) is 42.1 Å². The number of hydrogen-bond acceptors (Lipinski definition) is 4. The maximum Gasteiger partial charge on any atom is 0.272 e. The Bertz CT molecular complexity index is 1020. The minimum Gasteiger partial charge on any atom is -0.347 e. The topological polar surface area (TPSA) is 71.8 Å². The molecule has 7 heteroatoms. The number of benzene rings is 1. The van der Waals surface area contributed by atoms with Gasteiger partial charge in [0.25, 0.3) is 5.91 Å². The number of halogens is 1. The summed E-state index contributed by atoms with van der Waals surface area (Å²) in [4.78, 5) is 16.8. The molecule has 0 aliphatic heterocycles. The Kier molecular flexibility index (Phi) is 6.45. The average molecular weight is 424 g/mol. The molecule has 2 heterocycles. The number of nitrogens with zero attached hydrogens (tertiary/aromatic N) is 3. The highest BCUT2D eigenvalue weighted by molar-refractivity contribution is 6.31. The van der Waals surface area contributed by atoms with Crippen LogP contribution in [0.2, 0.25) is 5.02 Å². The first-order chi connectivity index (χ1) is 14.6. The number of amides is 1. The summed E-state index contributed by atoms with van der Waals surface area (Å²) >= 11 is 6.26. The van der Waals surface area contributed by atoms with Gasteiger partial charge in [-0.1, -0.05) is 29.8 Å². The summed E-state index contributed by atoms with van der Waals surface area (Å²) in [5, 5.41) is 12.0. The highest BCUT2D eigenvalue weighted by Gasteiger charge is 2.28. The van der Waals surface area contributed by atoms with Crippen molar-refractivity contribution in [3.63, 3.8) is 0 Å². The lowest BCUT2D eigenvalue weighted by Crippen LogP contribution is -2.36. The first-order valence-corrected chi connectivity index (χ1v) is 10.7. The van der Waals surface area contributed by atoms with Gasteiger partial charge in [-0.2, -0.15) is 5.10 Å². The van der Waals surface area contributed by atoms with Crippen molar-refractivity contribution in [3.8, 4) is 0 Å². The molecule has 2 N–H and O–H groups in total. The van der Waals surface area contributed by atoms with Crippen LogP contribution >= 0.6 is 11.6 Å². The van der Waals surface area contributed by atoms with Crippen molar-refractivity contribution < 1.29 is 4.79 Å². The molecule has 0 fully saturated rings. The maximum absolute atomic E-state index is 12.8. The zero-order valence-corrected chi connectivity index (χ0v) is 17.8. The van der Waals surface area contributed by atoms with Crippen molar-refractivity contribution in [1.29, 1.82) is 0 Å². The summed E-state index contributed by atoms with van der Waals surface area (Å²) in [7, 11) is 1.92. The zero-order chi connectivity index (χ0) is 20.9. The van der Waals surface area contributed by atoms with E-state index in [4.69, 9.17) is 11.6 Å². The molecule has 156 valence electrons. The van der Waals surface area contributed by atoms with E-state index < -0.39 is 0 Å². The molecule has 3 aromatic rings. The van der Waals surface area contributed by atoms with Gasteiger partial charge in [0.05, 0.1) is 0 Å². The summed E-state index contributed by atoms with van der Waals surface area (Å²) in [6.07, 6.45) is 7.10. The van der Waals surface area contributed by atoms with Crippen LogP contribution in [0.4, 0.5) is 0 Å². The van der Waals surface area contributed by atoms with Crippen LogP contribution in [0.5, 0.6) is 0 Å². The Hall–Kier alpha value is -2.70. The van der Waals surface area contributed by atoms with E-state index in [0.717, 1.165) is 59.6 Å². The van der Waals surface area contributed by atoms with Gasteiger partial charge in [0.1, 0.15) is 0 Å². The third-order valence-electron chi connectivity index (χ3n) is 5.66. The molecule has 2 aromatic heterocycles. The fraction of sp³-hybridized carbons (Fsp3) is 0.348. The normalized spacial score (nSPS) is 15.6. The van der Waals surface area contributed by atoms with E-state index in [-0.39, 0.29) is 5.91 Å². The summed E-state index contributed by atoms with van der Waals surface area (Å²) in [6, 6.07) is 12.1. The molecule has 0 bridgehead atoms. The molecular formula is C23H26ClN5O. The van der Waals surface area contributed by atoms with Gasteiger partial charge in [0.15, 0.2) is 5.69 Å². The molecule has 1 aromatic carbocycles. The second-order valence-corrected chi connectivity index (χ2v) is 8.08. The molecule has 4 rings (SSSR count). The first-order valence-electron chi connectivity index (χ1n) is 10.3. The Morgan fingerprint density at radius 1 is 1.23 bits per heavy atom. The van der Waals surface area contributed by atoms with Crippen molar-refractivity contribution in [2.45, 2.75) is 38.3 Å². The number of fused-ring (bicyclic) bond motifs is 1. The summed E-state index contributed by atoms with van der Waals surface area (Å²) in [5.74, 6) is -0.125.